The molecule has 0 aromatic carbocycles. The maximum atomic E-state index is 5.27. The lowest BCUT2D eigenvalue weighted by atomic mass is 10.4. The highest BCUT2D eigenvalue weighted by atomic mass is 32.1. The lowest BCUT2D eigenvalue weighted by Gasteiger charge is -2.01. The van der Waals surface area contributed by atoms with E-state index in [9.17, 15) is 0 Å². The lowest BCUT2D eigenvalue weighted by Crippen LogP contribution is -2.36. The van der Waals surface area contributed by atoms with Crippen LogP contribution in [0.4, 0.5) is 0 Å². The molecule has 4 heteroatoms. The summed E-state index contributed by atoms with van der Waals surface area (Å²) in [7, 11) is 0. The molecule has 0 heterocycles. The summed E-state index contributed by atoms with van der Waals surface area (Å²) in [6.07, 6.45) is 0. The predicted octanol–water partition coefficient (Wildman–Crippen LogP) is -0.470. The first-order valence-corrected chi connectivity index (χ1v) is 2.88. The summed E-state index contributed by atoms with van der Waals surface area (Å²) in [5.41, 5.74) is 10.4. The Balaban J connectivity index is 3.34. The Morgan fingerprint density at radius 2 is 2.29 bits per heavy atom. The first kappa shape index (κ1) is 7.20. The average molecular weight is 136 g/mol. The molecule has 0 spiro atoms. The van der Waals surface area contributed by atoms with Gasteiger partial charge in [0.15, 0.2) is 0 Å². The Kier molecular flexibility index (Phi) is 3.33. The summed E-state index contributed by atoms with van der Waals surface area (Å²) in [5.74, 6) is 0.523. The maximum absolute atomic E-state index is 5.27. The number of hydrogen-bond donors (Lipinski definition) is 3. The second kappa shape index (κ2) is 3.23. The Hall–Kier alpha value is 0.200. The average Bonchev–Trinajstić information content (AvgIpc) is 1.65. The fraction of sp³-hybridized carbons (Fsp3) is 0.667. The van der Waals surface area contributed by atoms with Crippen molar-refractivity contribution in [3.8, 4) is 0 Å². The molecular weight excluding hydrogens is 128 g/mol. The van der Waals surface area contributed by atoms with Crippen LogP contribution in [0, 0.1) is 0 Å². The highest BCUT2D eigenvalue weighted by Crippen LogP contribution is 1.80. The highest BCUT2D eigenvalue weighted by Gasteiger charge is 1.98. The molecule has 0 bridgehead atoms. The summed E-state index contributed by atoms with van der Waals surface area (Å²) >= 11 is 8.38. The van der Waals surface area contributed by atoms with Crippen molar-refractivity contribution >= 4 is 29.8 Å². The summed E-state index contributed by atoms with van der Waals surface area (Å²) < 4.78 is 0. The zero-order valence-electron chi connectivity index (χ0n) is 3.79. The Morgan fingerprint density at radius 3 is 2.29 bits per heavy atom. The number of nitrogens with two attached hydrogens (primary N) is 2. The van der Waals surface area contributed by atoms with Gasteiger partial charge >= 0.3 is 0 Å². The first-order chi connectivity index (χ1) is 3.18. The number of hydrogen-bond acceptors (Lipinski definition) is 3. The highest BCUT2D eigenvalue weighted by molar-refractivity contribution is 7.81. The normalized spacial score (nSPS) is 13.4. The lowest BCUT2D eigenvalue weighted by molar-refractivity contribution is 0.999. The molecule has 0 aliphatic rings. The maximum Gasteiger partial charge on any atom is 0.0906 e. The van der Waals surface area contributed by atoms with Gasteiger partial charge in [0.2, 0.25) is 0 Å². The van der Waals surface area contributed by atoms with Crippen LogP contribution in [0.1, 0.15) is 0 Å². The van der Waals surface area contributed by atoms with Crippen molar-refractivity contribution in [2.75, 3.05) is 5.75 Å². The molecule has 0 fully saturated rings. The van der Waals surface area contributed by atoms with Gasteiger partial charge in [-0.2, -0.15) is 12.6 Å². The van der Waals surface area contributed by atoms with Gasteiger partial charge in [-0.15, -0.1) is 0 Å². The molecule has 0 aliphatic carbocycles. The second-order valence-electron chi connectivity index (χ2n) is 1.19. The van der Waals surface area contributed by atoms with Crippen LogP contribution in [0.15, 0.2) is 0 Å². The predicted molar refractivity (Wildman–Crippen MR) is 38.6 cm³/mol. The quantitative estimate of drug-likeness (QED) is 0.355. The van der Waals surface area contributed by atoms with Gasteiger partial charge in [-0.1, -0.05) is 12.2 Å². The molecular formula is C3H8N2S2. The molecule has 1 unspecified atom stereocenters. The minimum atomic E-state index is -0.224. The van der Waals surface area contributed by atoms with Crippen molar-refractivity contribution in [1.82, 2.24) is 0 Å². The van der Waals surface area contributed by atoms with E-state index in [-0.39, 0.29) is 6.04 Å². The van der Waals surface area contributed by atoms with Gasteiger partial charge in [0.25, 0.3) is 0 Å². The third-order valence-electron chi connectivity index (χ3n) is 0.562. The standard InChI is InChI=1S/C3H8N2S2/c4-2(1-6)3(5)7/h2,6H,1,4H2,(H2,5,7). The fourth-order valence-electron chi connectivity index (χ4n) is 0.0900. The Morgan fingerprint density at radius 1 is 1.86 bits per heavy atom. The molecule has 0 aromatic rings. The molecule has 42 valence electrons. The third-order valence-corrected chi connectivity index (χ3v) is 1.26. The monoisotopic (exact) mass is 136 g/mol. The number of thiocarbonyl (C=S) groups is 1. The van der Waals surface area contributed by atoms with Gasteiger partial charge in [0, 0.05) is 5.75 Å². The van der Waals surface area contributed by atoms with Crippen molar-refractivity contribution in [3.63, 3.8) is 0 Å². The molecule has 7 heavy (non-hydrogen) atoms. The van der Waals surface area contributed by atoms with Crippen molar-refractivity contribution < 1.29 is 0 Å². The van der Waals surface area contributed by atoms with E-state index in [4.69, 9.17) is 11.5 Å². The van der Waals surface area contributed by atoms with Crippen molar-refractivity contribution in [2.45, 2.75) is 6.04 Å². The number of thiol groups is 1. The molecule has 4 N–H and O–H groups in total. The van der Waals surface area contributed by atoms with E-state index in [1.165, 1.54) is 0 Å². The van der Waals surface area contributed by atoms with Crippen LogP contribution in [-0.2, 0) is 0 Å². The van der Waals surface area contributed by atoms with Gasteiger partial charge in [0.05, 0.1) is 11.0 Å². The topological polar surface area (TPSA) is 52.0 Å². The molecule has 0 radical (unpaired) electrons. The van der Waals surface area contributed by atoms with Crippen LogP contribution >= 0.6 is 24.8 Å². The molecule has 0 aromatic heterocycles. The van der Waals surface area contributed by atoms with E-state index in [0.29, 0.717) is 10.7 Å². The number of rotatable bonds is 2. The van der Waals surface area contributed by atoms with Crippen LogP contribution in [0.25, 0.3) is 0 Å². The minimum Gasteiger partial charge on any atom is -0.392 e. The second-order valence-corrected chi connectivity index (χ2v) is 2.03. The summed E-state index contributed by atoms with van der Waals surface area (Å²) in [6, 6.07) is -0.224. The van der Waals surface area contributed by atoms with Crippen LogP contribution < -0.4 is 11.5 Å². The van der Waals surface area contributed by atoms with Crippen LogP contribution in [0.2, 0.25) is 0 Å². The molecule has 0 amide bonds. The Bertz CT molecular complexity index is 73.3. The molecule has 0 saturated heterocycles. The molecule has 0 aliphatic heterocycles. The zero-order chi connectivity index (χ0) is 5.86. The smallest absolute Gasteiger partial charge is 0.0906 e. The Labute approximate surface area is 53.7 Å². The van der Waals surface area contributed by atoms with Crippen LogP contribution in [0.3, 0.4) is 0 Å². The van der Waals surface area contributed by atoms with Crippen molar-refractivity contribution in [1.29, 1.82) is 0 Å². The summed E-state index contributed by atoms with van der Waals surface area (Å²) in [5, 5.41) is 0. The van der Waals surface area contributed by atoms with Crippen molar-refractivity contribution in [2.24, 2.45) is 11.5 Å². The molecule has 0 rings (SSSR count). The van der Waals surface area contributed by atoms with Gasteiger partial charge in [-0.3, -0.25) is 0 Å². The van der Waals surface area contributed by atoms with Gasteiger partial charge < -0.3 is 11.5 Å². The first-order valence-electron chi connectivity index (χ1n) is 1.84. The van der Waals surface area contributed by atoms with Crippen LogP contribution in [-0.4, -0.2) is 16.8 Å². The van der Waals surface area contributed by atoms with E-state index in [2.05, 4.69) is 24.8 Å². The van der Waals surface area contributed by atoms with Crippen molar-refractivity contribution in [3.05, 3.63) is 0 Å². The van der Waals surface area contributed by atoms with E-state index in [1.807, 2.05) is 0 Å². The van der Waals surface area contributed by atoms with E-state index >= 15 is 0 Å². The van der Waals surface area contributed by atoms with E-state index in [0.717, 1.165) is 0 Å². The summed E-state index contributed by atoms with van der Waals surface area (Å²) in [6.45, 7) is 0. The largest absolute Gasteiger partial charge is 0.392 e. The minimum absolute atomic E-state index is 0.224. The van der Waals surface area contributed by atoms with E-state index < -0.39 is 0 Å². The fourth-order valence-corrected chi connectivity index (χ4v) is 0.494. The zero-order valence-corrected chi connectivity index (χ0v) is 5.51. The molecule has 0 saturated carbocycles. The SMILES string of the molecule is NC(=S)C(N)CS. The van der Waals surface area contributed by atoms with E-state index in [1.54, 1.807) is 0 Å². The summed E-state index contributed by atoms with van der Waals surface area (Å²) in [4.78, 5) is 0.329. The third kappa shape index (κ3) is 2.85. The van der Waals surface area contributed by atoms with Crippen LogP contribution in [0.5, 0.6) is 0 Å². The van der Waals surface area contributed by atoms with Gasteiger partial charge in [-0.05, 0) is 0 Å². The molecule has 2 nitrogen and oxygen atoms in total. The molecule has 1 atom stereocenters. The van der Waals surface area contributed by atoms with Gasteiger partial charge in [0.1, 0.15) is 0 Å². The van der Waals surface area contributed by atoms with Gasteiger partial charge in [-0.25, -0.2) is 0 Å².